The van der Waals surface area contributed by atoms with Crippen molar-refractivity contribution in [3.05, 3.63) is 53.3 Å². The quantitative estimate of drug-likeness (QED) is 0.336. The summed E-state index contributed by atoms with van der Waals surface area (Å²) >= 11 is 9.25. The summed E-state index contributed by atoms with van der Waals surface area (Å²) in [6.45, 7) is 6.31. The van der Waals surface area contributed by atoms with Crippen LogP contribution in [0.3, 0.4) is 0 Å². The number of halogens is 1. The van der Waals surface area contributed by atoms with Crippen molar-refractivity contribution in [2.24, 2.45) is 0 Å². The maximum atomic E-state index is 6.03. The third-order valence-corrected chi connectivity index (χ3v) is 7.89. The zero-order chi connectivity index (χ0) is 22.9. The molecule has 0 bridgehead atoms. The summed E-state index contributed by atoms with van der Waals surface area (Å²) in [6, 6.07) is 11.9. The van der Waals surface area contributed by atoms with Crippen LogP contribution in [0, 0.1) is 0 Å². The van der Waals surface area contributed by atoms with E-state index in [0.717, 1.165) is 60.5 Å². The predicted molar refractivity (Wildman–Crippen MR) is 140 cm³/mol. The molecule has 1 saturated heterocycles. The van der Waals surface area contributed by atoms with E-state index in [1.54, 1.807) is 0 Å². The summed E-state index contributed by atoms with van der Waals surface area (Å²) in [5, 5.41) is 1.53. The third kappa shape index (κ3) is 4.42. The second-order valence-corrected chi connectivity index (χ2v) is 9.96. The number of aromatic nitrogens is 4. The molecule has 4 heterocycles. The Bertz CT molecular complexity index is 1250. The van der Waals surface area contributed by atoms with E-state index in [9.17, 15) is 0 Å². The molecule has 3 aromatic heterocycles. The van der Waals surface area contributed by atoms with Crippen LogP contribution in [-0.4, -0.2) is 62.5 Å². The van der Waals surface area contributed by atoms with Gasteiger partial charge in [-0.05, 0) is 49.1 Å². The Kier molecular flexibility index (Phi) is 6.47. The molecule has 0 aliphatic carbocycles. The fourth-order valence-corrected chi connectivity index (χ4v) is 5.44. The molecule has 33 heavy (non-hydrogen) atoms. The van der Waals surface area contributed by atoms with Crippen molar-refractivity contribution in [3.8, 4) is 11.4 Å². The first-order chi connectivity index (χ1) is 16.1. The van der Waals surface area contributed by atoms with Gasteiger partial charge < -0.3 is 9.80 Å². The standard InChI is InChI=1S/C23H26ClN7S2/c1-4-19-22(28(2)23-26-21(27-33-23)16-5-7-17(24)8-6-16)31-15-18(9-10-20(31)25-19)29-11-13-30(32-3)14-12-29/h5-10,15H,4,11-14H2,1-3H3. The van der Waals surface area contributed by atoms with Gasteiger partial charge in [0.05, 0.1) is 11.4 Å². The lowest BCUT2D eigenvalue weighted by Gasteiger charge is -2.34. The van der Waals surface area contributed by atoms with Gasteiger partial charge >= 0.3 is 0 Å². The zero-order valence-electron chi connectivity index (χ0n) is 18.9. The lowest BCUT2D eigenvalue weighted by molar-refractivity contribution is 0.431. The Balaban J connectivity index is 1.48. The Morgan fingerprint density at radius 1 is 1.06 bits per heavy atom. The second-order valence-electron chi connectivity index (χ2n) is 7.92. The van der Waals surface area contributed by atoms with Crippen LogP contribution in [0.5, 0.6) is 0 Å². The predicted octanol–water partition coefficient (Wildman–Crippen LogP) is 5.24. The normalized spacial score (nSPS) is 14.8. The van der Waals surface area contributed by atoms with E-state index in [0.29, 0.717) is 10.8 Å². The number of rotatable bonds is 6. The van der Waals surface area contributed by atoms with Gasteiger partial charge in [-0.1, -0.05) is 30.5 Å². The number of aryl methyl sites for hydroxylation is 1. The molecule has 0 amide bonds. The topological polar surface area (TPSA) is 52.8 Å². The maximum absolute atomic E-state index is 6.03. The van der Waals surface area contributed by atoms with Gasteiger partial charge in [0.15, 0.2) is 5.82 Å². The van der Waals surface area contributed by atoms with Gasteiger partial charge in [-0.2, -0.15) is 9.36 Å². The highest BCUT2D eigenvalue weighted by atomic mass is 35.5. The van der Waals surface area contributed by atoms with Crippen molar-refractivity contribution in [2.75, 3.05) is 49.3 Å². The molecule has 7 nitrogen and oxygen atoms in total. The Hall–Kier alpha value is -2.33. The summed E-state index contributed by atoms with van der Waals surface area (Å²) in [5.41, 5.74) is 4.17. The molecule has 5 rings (SSSR count). The second kappa shape index (κ2) is 9.50. The Morgan fingerprint density at radius 3 is 2.52 bits per heavy atom. The van der Waals surface area contributed by atoms with Gasteiger partial charge in [-0.15, -0.1) is 0 Å². The van der Waals surface area contributed by atoms with Crippen molar-refractivity contribution in [1.29, 1.82) is 0 Å². The van der Waals surface area contributed by atoms with Gasteiger partial charge in [-0.3, -0.25) is 4.40 Å². The molecule has 1 aliphatic heterocycles. The fraction of sp³-hybridized carbons (Fsp3) is 0.348. The van der Waals surface area contributed by atoms with Gasteiger partial charge in [0.1, 0.15) is 11.5 Å². The SMILES string of the molecule is CCc1nc2ccc(N3CCN(SC)CC3)cn2c1N(C)c1nc(-c2ccc(Cl)cc2)ns1. The van der Waals surface area contributed by atoms with Crippen molar-refractivity contribution >= 4 is 57.4 Å². The fourth-order valence-electron chi connectivity index (χ4n) is 4.14. The monoisotopic (exact) mass is 499 g/mol. The number of fused-ring (bicyclic) bond motifs is 1. The van der Waals surface area contributed by atoms with Gasteiger partial charge in [0.2, 0.25) is 5.13 Å². The number of hydrogen-bond donors (Lipinski definition) is 0. The summed E-state index contributed by atoms with van der Waals surface area (Å²) in [6.07, 6.45) is 5.20. The van der Waals surface area contributed by atoms with Crippen LogP contribution < -0.4 is 9.80 Å². The van der Waals surface area contributed by atoms with E-state index in [-0.39, 0.29) is 0 Å². The summed E-state index contributed by atoms with van der Waals surface area (Å²) in [4.78, 5) is 14.3. The first-order valence-electron chi connectivity index (χ1n) is 11.0. The molecule has 172 valence electrons. The van der Waals surface area contributed by atoms with E-state index in [1.165, 1.54) is 17.2 Å². The Morgan fingerprint density at radius 2 is 1.82 bits per heavy atom. The van der Waals surface area contributed by atoms with Crippen LogP contribution in [0.1, 0.15) is 12.6 Å². The van der Waals surface area contributed by atoms with E-state index in [1.807, 2.05) is 43.3 Å². The highest BCUT2D eigenvalue weighted by Crippen LogP contribution is 2.33. The maximum Gasteiger partial charge on any atom is 0.210 e. The van der Waals surface area contributed by atoms with Gasteiger partial charge in [-0.25, -0.2) is 9.29 Å². The van der Waals surface area contributed by atoms with Gasteiger partial charge in [0.25, 0.3) is 0 Å². The number of nitrogens with zero attached hydrogens (tertiary/aromatic N) is 7. The summed E-state index contributed by atoms with van der Waals surface area (Å²) in [5.74, 6) is 1.74. The number of hydrogen-bond acceptors (Lipinski definition) is 8. The van der Waals surface area contributed by atoms with E-state index < -0.39 is 0 Å². The summed E-state index contributed by atoms with van der Waals surface area (Å²) in [7, 11) is 2.04. The van der Waals surface area contributed by atoms with Crippen molar-refractivity contribution < 1.29 is 0 Å². The lowest BCUT2D eigenvalue weighted by atomic mass is 10.2. The van der Waals surface area contributed by atoms with Crippen LogP contribution in [0.25, 0.3) is 17.0 Å². The largest absolute Gasteiger partial charge is 0.368 e. The molecule has 10 heteroatoms. The Labute approximate surface area is 207 Å². The molecule has 0 atom stereocenters. The molecular formula is C23H26ClN7S2. The zero-order valence-corrected chi connectivity index (χ0v) is 21.3. The molecule has 0 unspecified atom stereocenters. The average molecular weight is 500 g/mol. The molecule has 0 radical (unpaired) electrons. The smallest absolute Gasteiger partial charge is 0.210 e. The minimum absolute atomic E-state index is 0.704. The average Bonchev–Trinajstić information content (AvgIpc) is 3.49. The van der Waals surface area contributed by atoms with Crippen LogP contribution in [0.4, 0.5) is 16.6 Å². The number of imidazole rings is 1. The van der Waals surface area contributed by atoms with Crippen LogP contribution in [0.15, 0.2) is 42.6 Å². The highest BCUT2D eigenvalue weighted by molar-refractivity contribution is 7.96. The van der Waals surface area contributed by atoms with E-state index in [2.05, 4.69) is 54.4 Å². The molecular weight excluding hydrogens is 474 g/mol. The van der Waals surface area contributed by atoms with Crippen LogP contribution in [0.2, 0.25) is 5.02 Å². The molecule has 1 aliphatic rings. The van der Waals surface area contributed by atoms with Crippen molar-refractivity contribution in [2.45, 2.75) is 13.3 Å². The lowest BCUT2D eigenvalue weighted by Crippen LogP contribution is -2.43. The van der Waals surface area contributed by atoms with Crippen LogP contribution in [-0.2, 0) is 6.42 Å². The van der Waals surface area contributed by atoms with Crippen molar-refractivity contribution in [1.82, 2.24) is 23.0 Å². The number of pyridine rings is 1. The highest BCUT2D eigenvalue weighted by Gasteiger charge is 2.22. The third-order valence-electron chi connectivity index (χ3n) is 5.97. The molecule has 1 fully saturated rings. The van der Waals surface area contributed by atoms with Crippen molar-refractivity contribution in [3.63, 3.8) is 0 Å². The number of anilines is 3. The van der Waals surface area contributed by atoms with Gasteiger partial charge in [0, 0.05) is 61.5 Å². The number of piperazine rings is 1. The minimum atomic E-state index is 0.704. The molecule has 1 aromatic carbocycles. The first-order valence-corrected chi connectivity index (χ1v) is 13.3. The molecule has 0 N–H and O–H groups in total. The number of benzene rings is 1. The molecule has 0 saturated carbocycles. The molecule has 0 spiro atoms. The van der Waals surface area contributed by atoms with E-state index >= 15 is 0 Å². The summed E-state index contributed by atoms with van der Waals surface area (Å²) < 4.78 is 9.19. The van der Waals surface area contributed by atoms with Crippen LogP contribution >= 0.6 is 35.1 Å². The first kappa shape index (κ1) is 22.5. The minimum Gasteiger partial charge on any atom is -0.368 e. The molecule has 4 aromatic rings. The van der Waals surface area contributed by atoms with E-state index in [4.69, 9.17) is 21.6 Å².